The highest BCUT2D eigenvalue weighted by Gasteiger charge is 2.17. The van der Waals surface area contributed by atoms with Gasteiger partial charge in [-0.15, -0.1) is 0 Å². The molecule has 6 rings (SSSR count). The van der Waals surface area contributed by atoms with Crippen LogP contribution in [0.3, 0.4) is 0 Å². The summed E-state index contributed by atoms with van der Waals surface area (Å²) in [5.41, 5.74) is 6.42. The number of aromatic nitrogens is 3. The topological polar surface area (TPSA) is 97.2 Å². The van der Waals surface area contributed by atoms with E-state index in [0.717, 1.165) is 59.1 Å². The Hall–Kier alpha value is -5.82. The van der Waals surface area contributed by atoms with Crippen molar-refractivity contribution in [3.05, 3.63) is 127 Å². The molecule has 0 radical (unpaired) electrons. The maximum atomic E-state index is 12.6. The number of hydrogen-bond acceptors (Lipinski definition) is 6. The van der Waals surface area contributed by atoms with Gasteiger partial charge < -0.3 is 15.2 Å². The van der Waals surface area contributed by atoms with Crippen molar-refractivity contribution in [3.8, 4) is 67.9 Å². The summed E-state index contributed by atoms with van der Waals surface area (Å²) in [6, 6.07) is 41.2. The quantitative estimate of drug-likeness (QED) is 0.137. The van der Waals surface area contributed by atoms with Crippen LogP contribution >= 0.6 is 0 Å². The van der Waals surface area contributed by atoms with Crippen molar-refractivity contribution in [1.82, 2.24) is 20.3 Å². The summed E-state index contributed by atoms with van der Waals surface area (Å²) < 4.78 is 5.50. The number of hydrogen-bond donors (Lipinski definition) is 2. The van der Waals surface area contributed by atoms with Crippen molar-refractivity contribution in [2.45, 2.75) is 39.5 Å². The summed E-state index contributed by atoms with van der Waals surface area (Å²) in [5.74, 6) is 1.76. The molecule has 1 atom stereocenters. The van der Waals surface area contributed by atoms with Gasteiger partial charge in [-0.25, -0.2) is 19.7 Å². The molecule has 1 unspecified atom stereocenters. The average molecular weight is 649 g/mol. The second kappa shape index (κ2) is 15.8. The van der Waals surface area contributed by atoms with Crippen molar-refractivity contribution in [1.29, 1.82) is 0 Å². The first kappa shape index (κ1) is 33.1. The second-order valence-electron chi connectivity index (χ2n) is 12.1. The van der Waals surface area contributed by atoms with E-state index in [9.17, 15) is 9.90 Å². The minimum absolute atomic E-state index is 0.110. The highest BCUT2D eigenvalue weighted by molar-refractivity contribution is 5.75. The normalized spacial score (nSPS) is 11.6. The highest BCUT2D eigenvalue weighted by Crippen LogP contribution is 2.34. The predicted molar refractivity (Wildman–Crippen MR) is 196 cm³/mol. The molecule has 7 nitrogen and oxygen atoms in total. The lowest BCUT2D eigenvalue weighted by Crippen LogP contribution is -2.31. The molecule has 6 aromatic rings. The molecule has 1 aromatic heterocycles. The van der Waals surface area contributed by atoms with Crippen molar-refractivity contribution >= 4 is 6.09 Å². The Morgan fingerprint density at radius 2 is 1.14 bits per heavy atom. The molecule has 0 bridgehead atoms. The molecular formula is C42H40N4O3. The van der Waals surface area contributed by atoms with E-state index in [1.54, 1.807) is 12.1 Å². The van der Waals surface area contributed by atoms with E-state index >= 15 is 0 Å². The van der Waals surface area contributed by atoms with E-state index in [4.69, 9.17) is 19.7 Å². The van der Waals surface area contributed by atoms with Gasteiger partial charge in [-0.2, -0.15) is 0 Å². The zero-order valence-electron chi connectivity index (χ0n) is 27.8. The van der Waals surface area contributed by atoms with E-state index in [-0.39, 0.29) is 11.5 Å². The van der Waals surface area contributed by atoms with Gasteiger partial charge in [0, 0.05) is 23.7 Å². The molecule has 7 heteroatoms. The molecule has 0 fully saturated rings. The molecule has 1 amide bonds. The molecular weight excluding hydrogens is 608 g/mol. The minimum atomic E-state index is -0.551. The molecule has 246 valence electrons. The number of aromatic hydroxyl groups is 1. The third-order valence-electron chi connectivity index (χ3n) is 8.63. The molecule has 0 saturated heterocycles. The number of amides is 1. The van der Waals surface area contributed by atoms with Gasteiger partial charge in [-0.3, -0.25) is 0 Å². The summed E-state index contributed by atoms with van der Waals surface area (Å²) >= 11 is 0. The zero-order chi connectivity index (χ0) is 34.0. The number of unbranched alkanes of at least 4 members (excludes halogenated alkanes) is 1. The number of nitrogens with one attached hydrogen (secondary N) is 1. The minimum Gasteiger partial charge on any atom is -0.507 e. The summed E-state index contributed by atoms with van der Waals surface area (Å²) in [5, 5.41) is 14.0. The average Bonchev–Trinajstić information content (AvgIpc) is 3.15. The fraction of sp³-hybridized carbons (Fsp3) is 0.190. The van der Waals surface area contributed by atoms with Crippen LogP contribution in [0.1, 0.15) is 39.5 Å². The molecule has 2 N–H and O–H groups in total. The first-order valence-electron chi connectivity index (χ1n) is 16.9. The molecule has 0 saturated carbocycles. The molecule has 0 aliphatic heterocycles. The van der Waals surface area contributed by atoms with Crippen LogP contribution < -0.4 is 10.1 Å². The van der Waals surface area contributed by atoms with Crippen LogP contribution in [0.15, 0.2) is 127 Å². The number of phenols is 1. The number of carbonyl (C=O) groups excluding carboxylic acids is 1. The van der Waals surface area contributed by atoms with E-state index < -0.39 is 6.09 Å². The largest absolute Gasteiger partial charge is 0.507 e. The van der Waals surface area contributed by atoms with E-state index in [1.165, 1.54) is 6.07 Å². The van der Waals surface area contributed by atoms with Crippen LogP contribution in [0.25, 0.3) is 56.4 Å². The standard InChI is InChI=1S/C42H40N4O3/c1-3-5-12-29(4-2)28-43-42(48)49-36-25-26-37(38(47)27-36)41-45-39(34-21-17-32(18-22-34)30-13-8-6-9-14-30)44-40(46-41)35-23-19-33(20-24-35)31-15-10-7-11-16-31/h6-11,13-27,29,47H,3-5,12,28H2,1-2H3,(H,43,48). The van der Waals surface area contributed by atoms with Crippen molar-refractivity contribution < 1.29 is 14.6 Å². The fourth-order valence-electron chi connectivity index (χ4n) is 5.72. The van der Waals surface area contributed by atoms with Crippen molar-refractivity contribution in [3.63, 3.8) is 0 Å². The van der Waals surface area contributed by atoms with E-state index in [0.29, 0.717) is 35.5 Å². The first-order valence-corrected chi connectivity index (χ1v) is 16.9. The lowest BCUT2D eigenvalue weighted by Gasteiger charge is -2.15. The van der Waals surface area contributed by atoms with E-state index in [2.05, 4.69) is 43.4 Å². The SMILES string of the molecule is CCCCC(CC)CNC(=O)Oc1ccc(-c2nc(-c3ccc(-c4ccccc4)cc3)nc(-c3ccc(-c4ccccc4)cc3)n2)c(O)c1. The molecule has 49 heavy (non-hydrogen) atoms. The molecule has 0 aliphatic rings. The van der Waals surface area contributed by atoms with Crippen LogP contribution in [0, 0.1) is 5.92 Å². The summed E-state index contributed by atoms with van der Waals surface area (Å²) in [7, 11) is 0. The number of rotatable bonds is 12. The third kappa shape index (κ3) is 8.37. The highest BCUT2D eigenvalue weighted by atomic mass is 16.6. The van der Waals surface area contributed by atoms with Crippen molar-refractivity contribution in [2.75, 3.05) is 6.54 Å². The van der Waals surface area contributed by atoms with Gasteiger partial charge >= 0.3 is 6.09 Å². The second-order valence-corrected chi connectivity index (χ2v) is 12.1. The molecule has 5 aromatic carbocycles. The number of benzene rings is 5. The van der Waals surface area contributed by atoms with Gasteiger partial charge in [0.2, 0.25) is 0 Å². The number of nitrogens with zero attached hydrogens (tertiary/aromatic N) is 3. The summed E-state index contributed by atoms with van der Waals surface area (Å²) in [6.07, 6.45) is 3.75. The van der Waals surface area contributed by atoms with Crippen LogP contribution in [0.5, 0.6) is 11.5 Å². The molecule has 1 heterocycles. The molecule has 0 aliphatic carbocycles. The lowest BCUT2D eigenvalue weighted by atomic mass is 10.00. The Morgan fingerprint density at radius 1 is 0.653 bits per heavy atom. The zero-order valence-corrected chi connectivity index (χ0v) is 27.8. The van der Waals surface area contributed by atoms with Crippen LogP contribution in [0.4, 0.5) is 4.79 Å². The van der Waals surface area contributed by atoms with Gasteiger partial charge in [-0.1, -0.05) is 142 Å². The predicted octanol–water partition coefficient (Wildman–Crippen LogP) is 10.2. The van der Waals surface area contributed by atoms with Crippen LogP contribution in [-0.2, 0) is 0 Å². The Labute approximate surface area is 287 Å². The van der Waals surface area contributed by atoms with Crippen LogP contribution in [-0.4, -0.2) is 32.7 Å². The first-order chi connectivity index (χ1) is 24.0. The fourth-order valence-corrected chi connectivity index (χ4v) is 5.72. The summed E-state index contributed by atoms with van der Waals surface area (Å²) in [4.78, 5) is 27.0. The van der Waals surface area contributed by atoms with Gasteiger partial charge in [0.05, 0.1) is 5.56 Å². The van der Waals surface area contributed by atoms with Crippen molar-refractivity contribution in [2.24, 2.45) is 5.92 Å². The Kier molecular flexibility index (Phi) is 10.7. The maximum absolute atomic E-state index is 12.6. The monoisotopic (exact) mass is 648 g/mol. The van der Waals surface area contributed by atoms with Gasteiger partial charge in [-0.05, 0) is 46.7 Å². The van der Waals surface area contributed by atoms with E-state index in [1.807, 2.05) is 84.9 Å². The number of ether oxygens (including phenoxy) is 1. The maximum Gasteiger partial charge on any atom is 0.412 e. The smallest absolute Gasteiger partial charge is 0.412 e. The Balaban J connectivity index is 1.30. The third-order valence-corrected chi connectivity index (χ3v) is 8.63. The number of carbonyl (C=O) groups is 1. The Morgan fingerprint density at radius 3 is 1.63 bits per heavy atom. The lowest BCUT2D eigenvalue weighted by molar-refractivity contribution is 0.197. The Bertz CT molecular complexity index is 1880. The number of phenolic OH excluding ortho intramolecular Hbond substituents is 1. The van der Waals surface area contributed by atoms with Gasteiger partial charge in [0.15, 0.2) is 17.5 Å². The van der Waals surface area contributed by atoms with Crippen LogP contribution in [0.2, 0.25) is 0 Å². The summed E-state index contributed by atoms with van der Waals surface area (Å²) in [6.45, 7) is 4.84. The molecule has 0 spiro atoms. The van der Waals surface area contributed by atoms with Gasteiger partial charge in [0.25, 0.3) is 0 Å². The van der Waals surface area contributed by atoms with Gasteiger partial charge in [0.1, 0.15) is 11.5 Å².